The molecule has 0 unspecified atom stereocenters. The smallest absolute Gasteiger partial charge is 0.0359 e. The third kappa shape index (κ3) is 2.44. The summed E-state index contributed by atoms with van der Waals surface area (Å²) in [5, 5.41) is 3.59. The lowest BCUT2D eigenvalue weighted by Crippen LogP contribution is -2.17. The van der Waals surface area contributed by atoms with Crippen molar-refractivity contribution in [2.24, 2.45) is 0 Å². The van der Waals surface area contributed by atoms with Crippen LogP contribution in [0, 0.1) is 0 Å². The highest BCUT2D eigenvalue weighted by molar-refractivity contribution is 7.99. The molecule has 1 fully saturated rings. The van der Waals surface area contributed by atoms with Crippen molar-refractivity contribution in [3.8, 4) is 0 Å². The highest BCUT2D eigenvalue weighted by Gasteiger charge is 2.14. The van der Waals surface area contributed by atoms with Crippen LogP contribution < -0.4 is 5.32 Å². The second-order valence-corrected chi connectivity index (χ2v) is 4.91. The Kier molecular flexibility index (Phi) is 3.35. The molecule has 1 aliphatic rings. The fourth-order valence-electron chi connectivity index (χ4n) is 1.77. The molecule has 1 heterocycles. The Morgan fingerprint density at radius 2 is 2.43 bits per heavy atom. The van der Waals surface area contributed by atoms with Crippen molar-refractivity contribution in [3.05, 3.63) is 29.8 Å². The minimum Gasteiger partial charge on any atom is -0.381 e. The maximum absolute atomic E-state index is 3.59. The molecule has 1 nitrogen and oxygen atoms in total. The summed E-state index contributed by atoms with van der Waals surface area (Å²) in [6.45, 7) is 2.20. The van der Waals surface area contributed by atoms with Crippen LogP contribution in [-0.2, 0) is 6.42 Å². The third-order valence-corrected chi connectivity index (χ3v) is 3.80. The first-order valence-corrected chi connectivity index (χ1v) is 6.47. The molecule has 0 bridgehead atoms. The minimum atomic E-state index is 0.687. The van der Waals surface area contributed by atoms with E-state index in [4.69, 9.17) is 0 Å². The number of nitrogens with one attached hydrogen (secondary N) is 1. The molecule has 0 radical (unpaired) electrons. The highest BCUT2D eigenvalue weighted by Crippen LogP contribution is 2.21. The van der Waals surface area contributed by atoms with Crippen LogP contribution in [0.4, 0.5) is 5.69 Å². The Morgan fingerprint density at radius 3 is 3.14 bits per heavy atom. The van der Waals surface area contributed by atoms with Crippen LogP contribution in [0.15, 0.2) is 24.3 Å². The Bertz CT molecular complexity index is 292. The van der Waals surface area contributed by atoms with Crippen molar-refractivity contribution in [3.63, 3.8) is 0 Å². The topological polar surface area (TPSA) is 12.0 Å². The summed E-state index contributed by atoms with van der Waals surface area (Å²) in [7, 11) is 0. The molecule has 2 rings (SSSR count). The summed E-state index contributed by atoms with van der Waals surface area (Å²) in [5.74, 6) is 2.57. The van der Waals surface area contributed by atoms with E-state index in [1.807, 2.05) is 11.8 Å². The van der Waals surface area contributed by atoms with E-state index in [9.17, 15) is 0 Å². The third-order valence-electron chi connectivity index (χ3n) is 2.64. The molecule has 0 amide bonds. The van der Waals surface area contributed by atoms with Crippen LogP contribution >= 0.6 is 11.8 Å². The summed E-state index contributed by atoms with van der Waals surface area (Å²) < 4.78 is 0. The largest absolute Gasteiger partial charge is 0.381 e. The number of benzene rings is 1. The quantitative estimate of drug-likeness (QED) is 0.817. The molecule has 0 saturated carbocycles. The zero-order chi connectivity index (χ0) is 9.80. The zero-order valence-electron chi connectivity index (χ0n) is 8.62. The zero-order valence-corrected chi connectivity index (χ0v) is 9.44. The highest BCUT2D eigenvalue weighted by atomic mass is 32.2. The lowest BCUT2D eigenvalue weighted by atomic mass is 10.1. The van der Waals surface area contributed by atoms with Gasteiger partial charge >= 0.3 is 0 Å². The molecule has 14 heavy (non-hydrogen) atoms. The van der Waals surface area contributed by atoms with Crippen molar-refractivity contribution in [1.29, 1.82) is 0 Å². The summed E-state index contributed by atoms with van der Waals surface area (Å²) in [4.78, 5) is 0. The predicted octanol–water partition coefficient (Wildman–Crippen LogP) is 3.17. The van der Waals surface area contributed by atoms with E-state index in [2.05, 4.69) is 36.5 Å². The van der Waals surface area contributed by atoms with E-state index in [0.29, 0.717) is 6.04 Å². The van der Waals surface area contributed by atoms with Gasteiger partial charge in [0.1, 0.15) is 0 Å². The number of hydrogen-bond acceptors (Lipinski definition) is 2. The van der Waals surface area contributed by atoms with Crippen molar-refractivity contribution in [2.45, 2.75) is 25.8 Å². The Labute approximate surface area is 90.3 Å². The van der Waals surface area contributed by atoms with Gasteiger partial charge in [0.15, 0.2) is 0 Å². The summed E-state index contributed by atoms with van der Waals surface area (Å²) >= 11 is 2.05. The second kappa shape index (κ2) is 4.74. The summed E-state index contributed by atoms with van der Waals surface area (Å²) in [6.07, 6.45) is 2.43. The summed E-state index contributed by atoms with van der Waals surface area (Å²) in [6, 6.07) is 9.45. The monoisotopic (exact) mass is 207 g/mol. The van der Waals surface area contributed by atoms with Gasteiger partial charge in [-0.3, -0.25) is 0 Å². The van der Waals surface area contributed by atoms with Gasteiger partial charge in [-0.2, -0.15) is 11.8 Å². The van der Waals surface area contributed by atoms with E-state index in [0.717, 1.165) is 6.42 Å². The predicted molar refractivity (Wildman–Crippen MR) is 65.2 cm³/mol. The molecule has 1 aliphatic heterocycles. The van der Waals surface area contributed by atoms with Gasteiger partial charge in [-0.15, -0.1) is 0 Å². The molecule has 0 aliphatic carbocycles. The van der Waals surface area contributed by atoms with Crippen molar-refractivity contribution >= 4 is 17.4 Å². The first kappa shape index (κ1) is 9.91. The van der Waals surface area contributed by atoms with E-state index in [1.54, 1.807) is 0 Å². The first-order chi connectivity index (χ1) is 6.88. The summed E-state index contributed by atoms with van der Waals surface area (Å²) in [5.41, 5.74) is 2.71. The molecule has 0 spiro atoms. The molecule has 2 heteroatoms. The van der Waals surface area contributed by atoms with Gasteiger partial charge in [0, 0.05) is 17.5 Å². The van der Waals surface area contributed by atoms with Crippen LogP contribution in [0.5, 0.6) is 0 Å². The number of hydrogen-bond donors (Lipinski definition) is 1. The second-order valence-electron chi connectivity index (χ2n) is 3.76. The van der Waals surface area contributed by atoms with Crippen molar-refractivity contribution in [2.75, 3.05) is 16.8 Å². The Morgan fingerprint density at radius 1 is 1.50 bits per heavy atom. The molecule has 1 aromatic carbocycles. The minimum absolute atomic E-state index is 0.687. The molecule has 1 atom stereocenters. The van der Waals surface area contributed by atoms with Gasteiger partial charge in [0.25, 0.3) is 0 Å². The molecular weight excluding hydrogens is 190 g/mol. The van der Waals surface area contributed by atoms with Crippen molar-refractivity contribution < 1.29 is 0 Å². The van der Waals surface area contributed by atoms with Gasteiger partial charge in [-0.05, 0) is 36.3 Å². The Balaban J connectivity index is 2.00. The number of aryl methyl sites for hydroxylation is 1. The van der Waals surface area contributed by atoms with Gasteiger partial charge in [-0.25, -0.2) is 0 Å². The van der Waals surface area contributed by atoms with E-state index in [-0.39, 0.29) is 0 Å². The van der Waals surface area contributed by atoms with Gasteiger partial charge in [0.2, 0.25) is 0 Å². The fourth-order valence-corrected chi connectivity index (χ4v) is 2.92. The van der Waals surface area contributed by atoms with Gasteiger partial charge in [0.05, 0.1) is 0 Å². The average Bonchev–Trinajstić information content (AvgIpc) is 2.71. The lowest BCUT2D eigenvalue weighted by Gasteiger charge is -2.13. The van der Waals surface area contributed by atoms with Gasteiger partial charge < -0.3 is 5.32 Å². The van der Waals surface area contributed by atoms with Crippen LogP contribution in [0.2, 0.25) is 0 Å². The van der Waals surface area contributed by atoms with E-state index < -0.39 is 0 Å². The van der Waals surface area contributed by atoms with Gasteiger partial charge in [-0.1, -0.05) is 19.1 Å². The molecule has 76 valence electrons. The Hall–Kier alpha value is -0.630. The molecule has 1 N–H and O–H groups in total. The van der Waals surface area contributed by atoms with Crippen LogP contribution in [0.1, 0.15) is 18.9 Å². The molecule has 0 aromatic heterocycles. The number of rotatable bonds is 3. The maximum Gasteiger partial charge on any atom is 0.0359 e. The normalized spacial score (nSPS) is 21.1. The van der Waals surface area contributed by atoms with E-state index >= 15 is 0 Å². The maximum atomic E-state index is 3.59. The van der Waals surface area contributed by atoms with Crippen LogP contribution in [-0.4, -0.2) is 17.5 Å². The number of thioether (sulfide) groups is 1. The van der Waals surface area contributed by atoms with Crippen LogP contribution in [0.25, 0.3) is 0 Å². The molecule has 1 saturated heterocycles. The van der Waals surface area contributed by atoms with Crippen molar-refractivity contribution in [1.82, 2.24) is 0 Å². The first-order valence-electron chi connectivity index (χ1n) is 5.31. The lowest BCUT2D eigenvalue weighted by molar-refractivity contribution is 0.812. The fraction of sp³-hybridized carbons (Fsp3) is 0.500. The number of anilines is 1. The SMILES string of the molecule is CCc1cccc(N[C@H]2CCSC2)c1. The van der Waals surface area contributed by atoms with Crippen LogP contribution in [0.3, 0.4) is 0 Å². The van der Waals surface area contributed by atoms with E-state index in [1.165, 1.54) is 29.2 Å². The molecule has 1 aromatic rings. The standard InChI is InChI=1S/C12H17NS/c1-2-10-4-3-5-11(8-10)13-12-6-7-14-9-12/h3-5,8,12-13H,2,6-7,9H2,1H3/t12-/m0/s1. The molecular formula is C12H17NS. The average molecular weight is 207 g/mol.